The van der Waals surface area contributed by atoms with E-state index in [1.54, 1.807) is 6.08 Å². The first kappa shape index (κ1) is 98.9. The number of hydrogen-bond donors (Lipinski definition) is 12. The van der Waals surface area contributed by atoms with Crippen LogP contribution in [0.25, 0.3) is 0 Å². The maximum atomic E-state index is 13.5. The van der Waals surface area contributed by atoms with Crippen LogP contribution in [-0.4, -0.2) is 193 Å². The molecule has 17 unspecified atom stereocenters. The van der Waals surface area contributed by atoms with Gasteiger partial charge in [-0.25, -0.2) is 0 Å². The van der Waals surface area contributed by atoms with E-state index in [0.717, 1.165) is 77.0 Å². The molecule has 0 aromatic rings. The number of amides is 1. The molecule has 17 atom stereocenters. The minimum atomic E-state index is -1.99. The standard InChI is InChI=1S/C89H157NO18/c1-3-5-7-9-11-13-15-17-19-21-23-25-27-29-31-33-34-35-36-37-38-39-41-43-45-47-49-51-53-55-57-59-61-63-65-67-77(95)90-72(73(94)66-64-62-60-58-56-54-52-50-48-46-44-42-40-32-30-28-26-24-22-20-18-16-14-12-10-8-6-4-2)71-103-87-83(101)80(98)85(75(69-92)105-87)108-89-84(102)81(99)86(76(70-93)106-89)107-88-82(100)79(97)78(96)74(68-91)104-88/h5,7,11,13,17,19,23,25,29,31,48,50,56,58,64,66,72-76,78-89,91-94,96-102H,3-4,6,8-10,12,14-16,18,20-22,24,26-28,30,32-47,49,51-55,57,59-63,65,67-71H2,1-2H3,(H,90,95)/b7-5-,13-11-,19-17-,25-23-,31-29-,50-48+,58-56+,66-64+. The highest BCUT2D eigenvalue weighted by atomic mass is 16.8. The van der Waals surface area contributed by atoms with Gasteiger partial charge in [0.1, 0.15) is 73.2 Å². The highest BCUT2D eigenvalue weighted by Gasteiger charge is 2.54. The molecule has 0 aliphatic carbocycles. The van der Waals surface area contributed by atoms with Gasteiger partial charge in [-0.1, -0.05) is 329 Å². The van der Waals surface area contributed by atoms with Gasteiger partial charge in [-0.3, -0.25) is 4.79 Å². The first-order valence-corrected chi connectivity index (χ1v) is 43.5. The monoisotopic (exact) mass is 1530 g/mol. The van der Waals surface area contributed by atoms with Gasteiger partial charge in [0.15, 0.2) is 18.9 Å². The van der Waals surface area contributed by atoms with Crippen LogP contribution in [-0.2, 0) is 33.2 Å². The molecule has 0 aromatic carbocycles. The second-order valence-corrected chi connectivity index (χ2v) is 30.6. The molecule has 19 nitrogen and oxygen atoms in total. The minimum absolute atomic E-state index is 0.230. The minimum Gasteiger partial charge on any atom is -0.394 e. The third-order valence-corrected chi connectivity index (χ3v) is 21.1. The maximum absolute atomic E-state index is 13.5. The molecule has 19 heteroatoms. The molecule has 3 aliphatic heterocycles. The molecule has 0 spiro atoms. The third-order valence-electron chi connectivity index (χ3n) is 21.1. The van der Waals surface area contributed by atoms with Gasteiger partial charge in [-0.15, -0.1) is 0 Å². The number of hydrogen-bond acceptors (Lipinski definition) is 18. The van der Waals surface area contributed by atoms with Crippen LogP contribution < -0.4 is 5.32 Å². The molecule has 0 radical (unpaired) electrons. The molecule has 12 N–H and O–H groups in total. The van der Waals surface area contributed by atoms with Crippen LogP contribution in [0.3, 0.4) is 0 Å². The van der Waals surface area contributed by atoms with E-state index in [1.807, 2.05) is 6.08 Å². The Labute approximate surface area is 653 Å². The number of unbranched alkanes of at least 4 members (excludes halogenated alkanes) is 39. The first-order valence-electron chi connectivity index (χ1n) is 43.5. The Morgan fingerprint density at radius 1 is 0.343 bits per heavy atom. The van der Waals surface area contributed by atoms with E-state index >= 15 is 0 Å². The summed E-state index contributed by atoms with van der Waals surface area (Å²) in [5.41, 5.74) is 0. The molecule has 3 heterocycles. The quantitative estimate of drug-likeness (QED) is 0.0199. The molecule has 0 aromatic heterocycles. The van der Waals surface area contributed by atoms with Crippen molar-refractivity contribution >= 4 is 5.91 Å². The fraction of sp³-hybridized carbons (Fsp3) is 0.809. The van der Waals surface area contributed by atoms with Crippen molar-refractivity contribution in [2.75, 3.05) is 26.4 Å². The number of nitrogens with one attached hydrogen (secondary N) is 1. The van der Waals surface area contributed by atoms with Crippen LogP contribution >= 0.6 is 0 Å². The number of carbonyl (C=O) groups is 1. The predicted octanol–water partition coefficient (Wildman–Crippen LogP) is 15.9. The summed E-state index contributed by atoms with van der Waals surface area (Å²) in [6, 6.07) is -1.00. The Morgan fingerprint density at radius 2 is 0.648 bits per heavy atom. The molecular formula is C89H157NO18. The Balaban J connectivity index is 1.35. The zero-order valence-electron chi connectivity index (χ0n) is 67.3. The molecule has 3 saturated heterocycles. The summed E-state index contributed by atoms with van der Waals surface area (Å²) >= 11 is 0. The smallest absolute Gasteiger partial charge is 0.220 e. The number of aliphatic hydroxyl groups excluding tert-OH is 11. The van der Waals surface area contributed by atoms with Gasteiger partial charge in [0.2, 0.25) is 5.91 Å². The van der Waals surface area contributed by atoms with E-state index in [2.05, 4.69) is 104 Å². The SMILES string of the molecule is CC/C=C\C/C=C\C/C=C\C/C=C\C/C=C\CCCCCCCCCCCCCCCCCCCCCC(=O)NC(COC1OC(CO)C(OC2OC(CO)C(OC3OC(CO)C(O)C(O)C3O)C(O)C2O)C(O)C1O)C(O)/C=C/CC/C=C/CC/C=C/CCCCCCCCCCCCCCCCCCCC. The zero-order valence-corrected chi connectivity index (χ0v) is 67.3. The van der Waals surface area contributed by atoms with Crippen LogP contribution in [0.4, 0.5) is 0 Å². The van der Waals surface area contributed by atoms with Crippen LogP contribution in [0.1, 0.15) is 328 Å². The summed E-state index contributed by atoms with van der Waals surface area (Å²) in [6.07, 6.45) is 67.0. The number of allylic oxidation sites excluding steroid dienone is 15. The van der Waals surface area contributed by atoms with E-state index in [4.69, 9.17) is 28.4 Å². The molecule has 3 rings (SSSR count). The summed E-state index contributed by atoms with van der Waals surface area (Å²) < 4.78 is 34.5. The summed E-state index contributed by atoms with van der Waals surface area (Å²) in [4.78, 5) is 13.5. The second kappa shape index (κ2) is 68.1. The number of aliphatic hydroxyl groups is 11. The van der Waals surface area contributed by atoms with Crippen LogP contribution in [0.2, 0.25) is 0 Å². The lowest BCUT2D eigenvalue weighted by Crippen LogP contribution is -2.66. The van der Waals surface area contributed by atoms with Crippen LogP contribution in [0.15, 0.2) is 97.2 Å². The molecule has 3 fully saturated rings. The van der Waals surface area contributed by atoms with Crippen molar-refractivity contribution < 1.29 is 89.4 Å². The summed E-state index contributed by atoms with van der Waals surface area (Å²) in [7, 11) is 0. The van der Waals surface area contributed by atoms with E-state index in [-0.39, 0.29) is 18.9 Å². The van der Waals surface area contributed by atoms with Crippen molar-refractivity contribution in [3.8, 4) is 0 Å². The molecule has 1 amide bonds. The van der Waals surface area contributed by atoms with E-state index < -0.39 is 124 Å². The summed E-state index contributed by atoms with van der Waals surface area (Å²) in [5.74, 6) is -0.287. The van der Waals surface area contributed by atoms with Gasteiger partial charge >= 0.3 is 0 Å². The third kappa shape index (κ3) is 46.8. The Morgan fingerprint density at radius 3 is 1.04 bits per heavy atom. The molecule has 3 aliphatic rings. The van der Waals surface area contributed by atoms with Crippen molar-refractivity contribution in [3.05, 3.63) is 97.2 Å². The van der Waals surface area contributed by atoms with Crippen LogP contribution in [0.5, 0.6) is 0 Å². The fourth-order valence-electron chi connectivity index (χ4n) is 14.2. The lowest BCUT2D eigenvalue weighted by molar-refractivity contribution is -0.379. The Kier molecular flexibility index (Phi) is 62.4. The van der Waals surface area contributed by atoms with Crippen LogP contribution in [0, 0.1) is 0 Å². The van der Waals surface area contributed by atoms with Crippen molar-refractivity contribution in [2.24, 2.45) is 0 Å². The lowest BCUT2D eigenvalue weighted by Gasteiger charge is -2.48. The van der Waals surface area contributed by atoms with E-state index in [1.165, 1.54) is 218 Å². The molecule has 108 heavy (non-hydrogen) atoms. The van der Waals surface area contributed by atoms with Gasteiger partial charge in [-0.2, -0.15) is 0 Å². The molecule has 0 saturated carbocycles. The highest BCUT2D eigenvalue weighted by Crippen LogP contribution is 2.33. The Bertz CT molecular complexity index is 2330. The first-order chi connectivity index (χ1) is 52.8. The second-order valence-electron chi connectivity index (χ2n) is 30.6. The summed E-state index contributed by atoms with van der Waals surface area (Å²) in [6.45, 7) is 1.63. The highest BCUT2D eigenvalue weighted by molar-refractivity contribution is 5.76. The van der Waals surface area contributed by atoms with Gasteiger partial charge < -0.3 is 89.9 Å². The van der Waals surface area contributed by atoms with Crippen molar-refractivity contribution in [1.29, 1.82) is 0 Å². The van der Waals surface area contributed by atoms with E-state index in [9.17, 15) is 61.0 Å². The fourth-order valence-corrected chi connectivity index (χ4v) is 14.2. The summed E-state index contributed by atoms with van der Waals surface area (Å²) in [5, 5.41) is 121. The van der Waals surface area contributed by atoms with Crippen molar-refractivity contribution in [1.82, 2.24) is 5.32 Å². The maximum Gasteiger partial charge on any atom is 0.220 e. The number of ether oxygens (including phenoxy) is 6. The van der Waals surface area contributed by atoms with E-state index in [0.29, 0.717) is 12.8 Å². The predicted molar refractivity (Wildman–Crippen MR) is 434 cm³/mol. The largest absolute Gasteiger partial charge is 0.394 e. The number of rotatable bonds is 69. The molecule has 0 bridgehead atoms. The molecular weight excluding hydrogens is 1370 g/mol. The topological polar surface area (TPSA) is 307 Å². The van der Waals surface area contributed by atoms with Gasteiger partial charge in [0.25, 0.3) is 0 Å². The average Bonchev–Trinajstić information content (AvgIpc) is 0.774. The van der Waals surface area contributed by atoms with Gasteiger partial charge in [-0.05, 0) is 89.9 Å². The number of carbonyl (C=O) groups excluding carboxylic acids is 1. The van der Waals surface area contributed by atoms with Gasteiger partial charge in [0, 0.05) is 6.42 Å². The Hall–Kier alpha value is -3.29. The molecule has 626 valence electrons. The van der Waals surface area contributed by atoms with Crippen molar-refractivity contribution in [3.63, 3.8) is 0 Å². The zero-order chi connectivity index (χ0) is 78.1. The van der Waals surface area contributed by atoms with Crippen molar-refractivity contribution in [2.45, 2.75) is 433 Å². The van der Waals surface area contributed by atoms with Gasteiger partial charge in [0.05, 0.1) is 38.6 Å². The normalized spacial score (nSPS) is 25.9. The average molecular weight is 1530 g/mol. The lowest BCUT2D eigenvalue weighted by atomic mass is 9.96.